The first-order chi connectivity index (χ1) is 24.8. The lowest BCUT2D eigenvalue weighted by Gasteiger charge is -2.34. The summed E-state index contributed by atoms with van der Waals surface area (Å²) >= 11 is 0. The Kier molecular flexibility index (Phi) is 11.5. The van der Waals surface area contributed by atoms with Gasteiger partial charge in [-0.1, -0.05) is 104 Å². The van der Waals surface area contributed by atoms with Gasteiger partial charge in [0.15, 0.2) is 0 Å². The van der Waals surface area contributed by atoms with Gasteiger partial charge in [-0.25, -0.2) is 8.42 Å². The lowest BCUT2D eigenvalue weighted by Crippen LogP contribution is -2.54. The molecule has 0 spiro atoms. The van der Waals surface area contributed by atoms with Crippen molar-refractivity contribution >= 4 is 27.5 Å². The van der Waals surface area contributed by atoms with Crippen molar-refractivity contribution in [3.63, 3.8) is 0 Å². The van der Waals surface area contributed by atoms with Crippen molar-refractivity contribution in [2.24, 2.45) is 0 Å². The molecule has 1 unspecified atom stereocenters. The topological polar surface area (TPSA) is 96.0 Å². The Morgan fingerprint density at radius 3 is 1.96 bits per heavy atom. The first-order valence-electron chi connectivity index (χ1n) is 17.4. The van der Waals surface area contributed by atoms with E-state index >= 15 is 0 Å². The molecule has 1 N–H and O–H groups in total. The minimum absolute atomic E-state index is 0.0396. The van der Waals surface area contributed by atoms with Gasteiger partial charge in [-0.05, 0) is 85.0 Å². The Bertz CT molecular complexity index is 2000. The molecular formula is C42H43N3O5S. The molecule has 0 aliphatic heterocycles. The van der Waals surface area contributed by atoms with E-state index in [1.165, 1.54) is 12.1 Å². The van der Waals surface area contributed by atoms with Gasteiger partial charge in [-0.15, -0.1) is 0 Å². The molecule has 1 saturated carbocycles. The van der Waals surface area contributed by atoms with E-state index in [9.17, 15) is 18.0 Å². The van der Waals surface area contributed by atoms with Crippen molar-refractivity contribution in [2.45, 2.75) is 62.6 Å². The Morgan fingerprint density at radius 2 is 1.31 bits per heavy atom. The van der Waals surface area contributed by atoms with Crippen molar-refractivity contribution in [3.8, 4) is 11.5 Å². The molecule has 1 aliphatic rings. The predicted molar refractivity (Wildman–Crippen MR) is 200 cm³/mol. The summed E-state index contributed by atoms with van der Waals surface area (Å²) in [6, 6.07) is 40.5. The van der Waals surface area contributed by atoms with Crippen LogP contribution < -0.4 is 14.4 Å². The van der Waals surface area contributed by atoms with Gasteiger partial charge in [0.25, 0.3) is 10.0 Å². The lowest BCUT2D eigenvalue weighted by atomic mass is 10.0. The summed E-state index contributed by atoms with van der Waals surface area (Å²) in [7, 11) is -4.21. The summed E-state index contributed by atoms with van der Waals surface area (Å²) in [6.07, 6.45) is 4.14. The molecule has 1 aliphatic carbocycles. The highest BCUT2D eigenvalue weighted by Gasteiger charge is 2.35. The second-order valence-electron chi connectivity index (χ2n) is 12.9. The number of anilines is 1. The summed E-state index contributed by atoms with van der Waals surface area (Å²) in [5, 5.41) is 3.22. The predicted octanol–water partition coefficient (Wildman–Crippen LogP) is 7.68. The zero-order valence-corrected chi connectivity index (χ0v) is 29.5. The number of carbonyl (C=O) groups excluding carboxylic acids is 2. The molecule has 1 atom stereocenters. The van der Waals surface area contributed by atoms with Gasteiger partial charge in [-0.3, -0.25) is 13.9 Å². The molecule has 2 amide bonds. The number of hydrogen-bond donors (Lipinski definition) is 1. The zero-order valence-electron chi connectivity index (χ0n) is 28.7. The fourth-order valence-corrected chi connectivity index (χ4v) is 7.88. The Hall–Kier alpha value is -5.41. The van der Waals surface area contributed by atoms with E-state index in [0.717, 1.165) is 46.7 Å². The van der Waals surface area contributed by atoms with Crippen LogP contribution in [0.25, 0.3) is 0 Å². The standard InChI is InChI=1S/C42H43N3O5S/c1-32-15-11-12-18-34(32)30-44(40(29-33-16-5-2-6-17-33)42(47)43-35-19-13-14-20-35)41(46)31-45(51(48,49)39-23-9-4-10-24-39)36-25-27-38(28-26-36)50-37-21-7-3-8-22-37/h2-12,15-18,21-28,35,40H,13-14,19-20,29-31H2,1H3,(H,43,47). The van der Waals surface area contributed by atoms with Crippen molar-refractivity contribution in [1.82, 2.24) is 10.2 Å². The van der Waals surface area contributed by atoms with Crippen molar-refractivity contribution < 1.29 is 22.7 Å². The molecule has 51 heavy (non-hydrogen) atoms. The molecule has 0 heterocycles. The van der Waals surface area contributed by atoms with E-state index in [-0.39, 0.29) is 29.8 Å². The van der Waals surface area contributed by atoms with Crippen LogP contribution >= 0.6 is 0 Å². The van der Waals surface area contributed by atoms with E-state index in [1.807, 2.05) is 91.9 Å². The summed E-state index contributed by atoms with van der Waals surface area (Å²) in [5.41, 5.74) is 3.03. The normalized spacial score (nSPS) is 13.7. The number of hydrogen-bond acceptors (Lipinski definition) is 5. The number of para-hydroxylation sites is 1. The number of sulfonamides is 1. The fraction of sp³-hybridized carbons (Fsp3) is 0.238. The molecule has 8 nitrogen and oxygen atoms in total. The van der Waals surface area contributed by atoms with Crippen LogP contribution in [0.15, 0.2) is 144 Å². The highest BCUT2D eigenvalue weighted by molar-refractivity contribution is 7.92. The highest BCUT2D eigenvalue weighted by atomic mass is 32.2. The van der Waals surface area contributed by atoms with Crippen LogP contribution in [0, 0.1) is 6.92 Å². The molecular weight excluding hydrogens is 659 g/mol. The molecule has 6 rings (SSSR count). The van der Waals surface area contributed by atoms with Crippen molar-refractivity contribution in [3.05, 3.63) is 156 Å². The number of amides is 2. The Labute approximate surface area is 300 Å². The number of nitrogens with one attached hydrogen (secondary N) is 1. The largest absolute Gasteiger partial charge is 0.457 e. The first-order valence-corrected chi connectivity index (χ1v) is 18.8. The second-order valence-corrected chi connectivity index (χ2v) is 14.7. The van der Waals surface area contributed by atoms with Crippen LogP contribution in [0.3, 0.4) is 0 Å². The third kappa shape index (κ3) is 9.04. The number of benzene rings is 5. The van der Waals surface area contributed by atoms with Crippen molar-refractivity contribution in [2.75, 3.05) is 10.8 Å². The van der Waals surface area contributed by atoms with Crippen LogP contribution in [-0.4, -0.2) is 43.8 Å². The van der Waals surface area contributed by atoms with Gasteiger partial charge in [0.2, 0.25) is 11.8 Å². The van der Waals surface area contributed by atoms with E-state index in [0.29, 0.717) is 17.2 Å². The number of carbonyl (C=O) groups is 2. The highest BCUT2D eigenvalue weighted by Crippen LogP contribution is 2.29. The van der Waals surface area contributed by atoms with E-state index < -0.39 is 28.5 Å². The molecule has 0 radical (unpaired) electrons. The van der Waals surface area contributed by atoms with Crippen LogP contribution in [0.2, 0.25) is 0 Å². The lowest BCUT2D eigenvalue weighted by molar-refractivity contribution is -0.140. The third-order valence-corrected chi connectivity index (χ3v) is 11.1. The average Bonchev–Trinajstić information content (AvgIpc) is 3.67. The molecule has 0 saturated heterocycles. The van der Waals surface area contributed by atoms with Gasteiger partial charge < -0.3 is 15.0 Å². The smallest absolute Gasteiger partial charge is 0.264 e. The van der Waals surface area contributed by atoms with Crippen LogP contribution in [-0.2, 0) is 32.6 Å². The monoisotopic (exact) mass is 701 g/mol. The summed E-state index contributed by atoms with van der Waals surface area (Å²) < 4.78 is 35.8. The summed E-state index contributed by atoms with van der Waals surface area (Å²) in [6.45, 7) is 1.57. The SMILES string of the molecule is Cc1ccccc1CN(C(=O)CN(c1ccc(Oc2ccccc2)cc1)S(=O)(=O)c1ccccc1)C(Cc1ccccc1)C(=O)NC1CCCC1. The van der Waals surface area contributed by atoms with Gasteiger partial charge in [0.05, 0.1) is 10.6 Å². The average molecular weight is 702 g/mol. The number of aryl methyl sites for hydroxylation is 1. The zero-order chi connectivity index (χ0) is 35.6. The van der Waals surface area contributed by atoms with Crippen LogP contribution in [0.4, 0.5) is 5.69 Å². The molecule has 0 aromatic heterocycles. The molecule has 5 aromatic carbocycles. The number of rotatable bonds is 14. The minimum Gasteiger partial charge on any atom is -0.457 e. The summed E-state index contributed by atoms with van der Waals surface area (Å²) in [4.78, 5) is 30.7. The maximum absolute atomic E-state index is 14.8. The Morgan fingerprint density at radius 1 is 0.745 bits per heavy atom. The van der Waals surface area contributed by atoms with Crippen LogP contribution in [0.1, 0.15) is 42.4 Å². The van der Waals surface area contributed by atoms with E-state index in [2.05, 4.69) is 5.32 Å². The molecule has 5 aromatic rings. The summed E-state index contributed by atoms with van der Waals surface area (Å²) in [5.74, 6) is 0.417. The van der Waals surface area contributed by atoms with Gasteiger partial charge >= 0.3 is 0 Å². The maximum atomic E-state index is 14.8. The van der Waals surface area contributed by atoms with Crippen LogP contribution in [0.5, 0.6) is 11.5 Å². The van der Waals surface area contributed by atoms with E-state index in [1.54, 1.807) is 47.4 Å². The molecule has 262 valence electrons. The van der Waals surface area contributed by atoms with E-state index in [4.69, 9.17) is 4.74 Å². The first kappa shape index (κ1) is 35.4. The third-order valence-electron chi connectivity index (χ3n) is 9.29. The quantitative estimate of drug-likeness (QED) is 0.128. The second kappa shape index (κ2) is 16.5. The maximum Gasteiger partial charge on any atom is 0.264 e. The number of ether oxygens (including phenoxy) is 1. The molecule has 9 heteroatoms. The molecule has 0 bridgehead atoms. The van der Waals surface area contributed by atoms with Crippen molar-refractivity contribution in [1.29, 1.82) is 0 Å². The van der Waals surface area contributed by atoms with Gasteiger partial charge in [0.1, 0.15) is 24.1 Å². The Balaban J connectivity index is 1.38. The molecule has 1 fully saturated rings. The number of nitrogens with zero attached hydrogens (tertiary/aromatic N) is 2. The van der Waals surface area contributed by atoms with Gasteiger partial charge in [0, 0.05) is 19.0 Å². The fourth-order valence-electron chi connectivity index (χ4n) is 6.45. The van der Waals surface area contributed by atoms with Gasteiger partial charge in [-0.2, -0.15) is 0 Å². The minimum atomic E-state index is -4.21.